The molecule has 0 saturated heterocycles. The number of thioether (sulfide) groups is 1. The van der Waals surface area contributed by atoms with Gasteiger partial charge in [-0.3, -0.25) is 4.79 Å². The maximum Gasteiger partial charge on any atom is 0.305 e. The molecule has 0 bridgehead atoms. The van der Waals surface area contributed by atoms with Gasteiger partial charge in [0.25, 0.3) is 0 Å². The largest absolute Gasteiger partial charge is 0.493 e. The Labute approximate surface area is 195 Å². The second-order valence-electron chi connectivity index (χ2n) is 7.61. The molecule has 0 amide bonds. The molecule has 0 atom stereocenters. The molecule has 2 aromatic carbocycles. The number of imidazole rings is 1. The molecule has 0 aliphatic rings. The quantitative estimate of drug-likeness (QED) is 0.188. The van der Waals surface area contributed by atoms with E-state index in [2.05, 4.69) is 53.1 Å². The first-order chi connectivity index (χ1) is 15.6. The van der Waals surface area contributed by atoms with E-state index in [1.54, 1.807) is 11.8 Å². The lowest BCUT2D eigenvalue weighted by Crippen LogP contribution is -2.07. The molecule has 0 aliphatic heterocycles. The summed E-state index contributed by atoms with van der Waals surface area (Å²) in [6.45, 7) is 5.69. The summed E-state index contributed by atoms with van der Waals surface area (Å²) in [5, 5.41) is 0. The van der Waals surface area contributed by atoms with Crippen LogP contribution < -0.4 is 4.74 Å². The van der Waals surface area contributed by atoms with Gasteiger partial charge < -0.3 is 14.0 Å². The summed E-state index contributed by atoms with van der Waals surface area (Å²) in [6.07, 6.45) is 7.16. The molecule has 5 nitrogen and oxygen atoms in total. The average molecular weight is 453 g/mol. The number of rotatable bonds is 12. The SMILES string of the molecule is CCOC(=O)CCCCCOc1ccccc1Cn1c(C)cnc1-c1ccc(SC)cc1. The Morgan fingerprint density at radius 1 is 1.06 bits per heavy atom. The van der Waals surface area contributed by atoms with Gasteiger partial charge in [-0.05, 0) is 57.6 Å². The van der Waals surface area contributed by atoms with Crippen LogP contribution in [0.3, 0.4) is 0 Å². The number of unbranched alkanes of at least 4 members (excludes halogenated alkanes) is 2. The van der Waals surface area contributed by atoms with E-state index in [1.165, 1.54) is 4.90 Å². The molecular formula is C26H32N2O3S. The topological polar surface area (TPSA) is 53.4 Å². The minimum absolute atomic E-state index is 0.117. The van der Waals surface area contributed by atoms with Crippen LogP contribution in [0.1, 0.15) is 43.9 Å². The highest BCUT2D eigenvalue weighted by molar-refractivity contribution is 7.98. The van der Waals surface area contributed by atoms with Crippen LogP contribution in [0.5, 0.6) is 5.75 Å². The van der Waals surface area contributed by atoms with E-state index in [4.69, 9.17) is 9.47 Å². The number of hydrogen-bond acceptors (Lipinski definition) is 5. The number of aromatic nitrogens is 2. The Balaban J connectivity index is 1.62. The zero-order chi connectivity index (χ0) is 22.8. The van der Waals surface area contributed by atoms with Gasteiger partial charge in [-0.2, -0.15) is 0 Å². The zero-order valence-corrected chi connectivity index (χ0v) is 20.0. The van der Waals surface area contributed by atoms with Gasteiger partial charge in [0.15, 0.2) is 0 Å². The number of ether oxygens (including phenoxy) is 2. The Bertz CT molecular complexity index is 999. The third-order valence-corrected chi connectivity index (χ3v) is 6.04. The van der Waals surface area contributed by atoms with E-state index >= 15 is 0 Å². The Morgan fingerprint density at radius 2 is 1.84 bits per heavy atom. The Kier molecular flexibility index (Phi) is 9.23. The van der Waals surface area contributed by atoms with Crippen LogP contribution in [0.4, 0.5) is 0 Å². The lowest BCUT2D eigenvalue weighted by Gasteiger charge is -2.15. The number of hydrogen-bond donors (Lipinski definition) is 0. The van der Waals surface area contributed by atoms with Gasteiger partial charge in [-0.1, -0.05) is 30.3 Å². The third-order valence-electron chi connectivity index (χ3n) is 5.29. The molecule has 0 unspecified atom stereocenters. The van der Waals surface area contributed by atoms with Crippen LogP contribution in [0, 0.1) is 6.92 Å². The van der Waals surface area contributed by atoms with Crippen molar-refractivity contribution in [2.24, 2.45) is 0 Å². The Hall–Kier alpha value is -2.73. The minimum atomic E-state index is -0.117. The highest BCUT2D eigenvalue weighted by Crippen LogP contribution is 2.26. The van der Waals surface area contributed by atoms with Crippen LogP contribution >= 0.6 is 11.8 Å². The summed E-state index contributed by atoms with van der Waals surface area (Å²) in [5.41, 5.74) is 3.35. The van der Waals surface area contributed by atoms with E-state index in [9.17, 15) is 4.79 Å². The van der Waals surface area contributed by atoms with E-state index in [0.717, 1.165) is 47.7 Å². The van der Waals surface area contributed by atoms with Gasteiger partial charge in [-0.25, -0.2) is 4.98 Å². The number of esters is 1. The fraction of sp³-hybridized carbons (Fsp3) is 0.385. The molecule has 0 spiro atoms. The zero-order valence-electron chi connectivity index (χ0n) is 19.2. The fourth-order valence-corrected chi connectivity index (χ4v) is 3.95. The van der Waals surface area contributed by atoms with Crippen molar-refractivity contribution < 1.29 is 14.3 Å². The lowest BCUT2D eigenvalue weighted by atomic mass is 10.1. The molecule has 0 saturated carbocycles. The molecule has 0 N–H and O–H groups in total. The van der Waals surface area contributed by atoms with Gasteiger partial charge in [0.2, 0.25) is 0 Å². The van der Waals surface area contributed by atoms with Crippen molar-refractivity contribution in [3.05, 3.63) is 66.0 Å². The molecule has 6 heteroatoms. The number of benzene rings is 2. The summed E-state index contributed by atoms with van der Waals surface area (Å²) < 4.78 is 13.3. The first-order valence-corrected chi connectivity index (χ1v) is 12.4. The van der Waals surface area contributed by atoms with Gasteiger partial charge in [0, 0.05) is 34.3 Å². The molecule has 0 aliphatic carbocycles. The minimum Gasteiger partial charge on any atom is -0.493 e. The number of nitrogens with zero attached hydrogens (tertiary/aromatic N) is 2. The lowest BCUT2D eigenvalue weighted by molar-refractivity contribution is -0.143. The van der Waals surface area contributed by atoms with Crippen LogP contribution in [-0.2, 0) is 16.1 Å². The molecule has 0 fully saturated rings. The van der Waals surface area contributed by atoms with E-state index in [1.807, 2.05) is 31.3 Å². The van der Waals surface area contributed by atoms with Crippen LogP contribution in [-0.4, -0.2) is 35.0 Å². The maximum absolute atomic E-state index is 11.4. The van der Waals surface area contributed by atoms with Crippen molar-refractivity contribution in [2.75, 3.05) is 19.5 Å². The number of aryl methyl sites for hydroxylation is 1. The highest BCUT2D eigenvalue weighted by Gasteiger charge is 2.12. The molecule has 3 aromatic rings. The summed E-state index contributed by atoms with van der Waals surface area (Å²) in [4.78, 5) is 17.3. The highest BCUT2D eigenvalue weighted by atomic mass is 32.2. The number of para-hydroxylation sites is 1. The second-order valence-corrected chi connectivity index (χ2v) is 8.49. The monoisotopic (exact) mass is 452 g/mol. The van der Waals surface area contributed by atoms with Gasteiger partial charge in [0.05, 0.1) is 19.8 Å². The van der Waals surface area contributed by atoms with Gasteiger partial charge in [0.1, 0.15) is 11.6 Å². The summed E-state index contributed by atoms with van der Waals surface area (Å²) in [5.74, 6) is 1.74. The number of carbonyl (C=O) groups is 1. The van der Waals surface area contributed by atoms with Crippen LogP contribution in [0.15, 0.2) is 59.6 Å². The first kappa shape index (κ1) is 23.9. The van der Waals surface area contributed by atoms with Crippen LogP contribution in [0.25, 0.3) is 11.4 Å². The van der Waals surface area contributed by atoms with Crippen molar-refractivity contribution in [3.63, 3.8) is 0 Å². The second kappa shape index (κ2) is 12.3. The number of carbonyl (C=O) groups excluding carboxylic acids is 1. The Morgan fingerprint density at radius 3 is 2.59 bits per heavy atom. The van der Waals surface area contributed by atoms with Crippen molar-refractivity contribution in [2.45, 2.75) is 51.0 Å². The smallest absolute Gasteiger partial charge is 0.305 e. The predicted molar refractivity (Wildman–Crippen MR) is 130 cm³/mol. The molecule has 0 radical (unpaired) electrons. The normalized spacial score (nSPS) is 10.8. The van der Waals surface area contributed by atoms with Crippen molar-refractivity contribution >= 4 is 17.7 Å². The van der Waals surface area contributed by atoms with Crippen LogP contribution in [0.2, 0.25) is 0 Å². The van der Waals surface area contributed by atoms with Crippen molar-refractivity contribution in [1.29, 1.82) is 0 Å². The molecule has 1 aromatic heterocycles. The standard InChI is InChI=1S/C26H32N2O3S/c1-4-30-25(29)12-6-5-9-17-31-24-11-8-7-10-22(24)19-28-20(2)18-27-26(28)21-13-15-23(32-3)16-14-21/h7-8,10-11,13-16,18H,4-6,9,12,17,19H2,1-3H3. The molecule has 3 rings (SSSR count). The van der Waals surface area contributed by atoms with Gasteiger partial charge in [-0.15, -0.1) is 11.8 Å². The molecular weight excluding hydrogens is 420 g/mol. The van der Waals surface area contributed by atoms with E-state index < -0.39 is 0 Å². The fourth-order valence-electron chi connectivity index (χ4n) is 3.54. The van der Waals surface area contributed by atoms with E-state index in [-0.39, 0.29) is 5.97 Å². The van der Waals surface area contributed by atoms with E-state index in [0.29, 0.717) is 26.2 Å². The van der Waals surface area contributed by atoms with Crippen molar-refractivity contribution in [1.82, 2.24) is 9.55 Å². The van der Waals surface area contributed by atoms with Crippen molar-refractivity contribution in [3.8, 4) is 17.1 Å². The maximum atomic E-state index is 11.4. The summed E-state index contributed by atoms with van der Waals surface area (Å²) in [6, 6.07) is 16.7. The summed E-state index contributed by atoms with van der Waals surface area (Å²) >= 11 is 1.74. The third kappa shape index (κ3) is 6.63. The van der Waals surface area contributed by atoms with Gasteiger partial charge >= 0.3 is 5.97 Å². The average Bonchev–Trinajstić information content (AvgIpc) is 3.17. The predicted octanol–water partition coefficient (Wildman–Crippen LogP) is 6.13. The summed E-state index contributed by atoms with van der Waals surface area (Å²) in [7, 11) is 0. The first-order valence-electron chi connectivity index (χ1n) is 11.1. The molecule has 170 valence electrons. The molecule has 32 heavy (non-hydrogen) atoms. The molecule has 1 heterocycles.